The fourth-order valence-electron chi connectivity index (χ4n) is 3.40. The second kappa shape index (κ2) is 5.38. The summed E-state index contributed by atoms with van der Waals surface area (Å²) in [5.74, 6) is 1.38. The van der Waals surface area contributed by atoms with Crippen LogP contribution in [0.1, 0.15) is 52.4 Å². The fraction of sp³-hybridized carbons (Fsp3) is 0.929. The number of carbonyl (C=O) groups excluding carboxylic acids is 1. The zero-order valence-electron chi connectivity index (χ0n) is 11.1. The Labute approximate surface area is 105 Å². The van der Waals surface area contributed by atoms with Crippen LogP contribution in [-0.4, -0.2) is 18.0 Å². The Hall–Kier alpha value is -0.570. The van der Waals surface area contributed by atoms with Crippen LogP contribution in [0.3, 0.4) is 0 Å². The third-order valence-corrected chi connectivity index (χ3v) is 4.82. The molecule has 0 radical (unpaired) electrons. The van der Waals surface area contributed by atoms with Crippen molar-refractivity contribution < 1.29 is 4.79 Å². The topological polar surface area (TPSA) is 55.1 Å². The van der Waals surface area contributed by atoms with E-state index in [2.05, 4.69) is 19.2 Å². The number of hydrogen-bond acceptors (Lipinski definition) is 2. The van der Waals surface area contributed by atoms with Crippen LogP contribution >= 0.6 is 0 Å². The Kier molecular flexibility index (Phi) is 4.08. The average Bonchev–Trinajstić information content (AvgIpc) is 2.68. The SMILES string of the molecule is CC1CCCC1NC(=O)C1CCCC(C)C1N. The maximum absolute atomic E-state index is 12.3. The van der Waals surface area contributed by atoms with E-state index in [1.54, 1.807) is 0 Å². The number of nitrogens with two attached hydrogens (primary N) is 1. The summed E-state index contributed by atoms with van der Waals surface area (Å²) in [7, 11) is 0. The van der Waals surface area contributed by atoms with Crippen molar-refractivity contribution in [1.82, 2.24) is 5.32 Å². The van der Waals surface area contributed by atoms with Crippen molar-refractivity contribution >= 4 is 5.91 Å². The van der Waals surface area contributed by atoms with Gasteiger partial charge in [0.15, 0.2) is 0 Å². The van der Waals surface area contributed by atoms with Gasteiger partial charge in [-0.1, -0.05) is 26.7 Å². The Morgan fingerprint density at radius 3 is 2.35 bits per heavy atom. The summed E-state index contributed by atoms with van der Waals surface area (Å²) < 4.78 is 0. The lowest BCUT2D eigenvalue weighted by atomic mass is 9.77. The van der Waals surface area contributed by atoms with Gasteiger partial charge in [0.25, 0.3) is 0 Å². The molecule has 5 unspecified atom stereocenters. The van der Waals surface area contributed by atoms with Crippen LogP contribution in [0.25, 0.3) is 0 Å². The van der Waals surface area contributed by atoms with E-state index in [1.807, 2.05) is 0 Å². The molecular weight excluding hydrogens is 212 g/mol. The molecule has 2 fully saturated rings. The molecule has 0 aliphatic heterocycles. The van der Waals surface area contributed by atoms with Crippen LogP contribution < -0.4 is 11.1 Å². The molecule has 0 spiro atoms. The Morgan fingerprint density at radius 2 is 1.71 bits per heavy atom. The first kappa shape index (κ1) is 12.9. The minimum atomic E-state index is 0.0477. The summed E-state index contributed by atoms with van der Waals surface area (Å²) in [6.45, 7) is 4.41. The monoisotopic (exact) mass is 238 g/mol. The maximum Gasteiger partial charge on any atom is 0.224 e. The molecule has 0 aromatic rings. The average molecular weight is 238 g/mol. The first-order chi connectivity index (χ1) is 8.09. The molecule has 0 bridgehead atoms. The first-order valence-electron chi connectivity index (χ1n) is 7.15. The third-order valence-electron chi connectivity index (χ3n) is 4.82. The fourth-order valence-corrected chi connectivity index (χ4v) is 3.40. The van der Waals surface area contributed by atoms with Gasteiger partial charge in [0.05, 0.1) is 5.92 Å². The van der Waals surface area contributed by atoms with E-state index in [9.17, 15) is 4.79 Å². The molecule has 2 aliphatic carbocycles. The van der Waals surface area contributed by atoms with Gasteiger partial charge in [-0.25, -0.2) is 0 Å². The van der Waals surface area contributed by atoms with Crippen LogP contribution in [0.2, 0.25) is 0 Å². The molecule has 0 aromatic heterocycles. The van der Waals surface area contributed by atoms with E-state index in [4.69, 9.17) is 5.73 Å². The lowest BCUT2D eigenvalue weighted by Crippen LogP contribution is -2.50. The maximum atomic E-state index is 12.3. The Morgan fingerprint density at radius 1 is 1.06 bits per heavy atom. The molecule has 3 heteroatoms. The van der Waals surface area contributed by atoms with Crippen molar-refractivity contribution in [1.29, 1.82) is 0 Å². The zero-order valence-corrected chi connectivity index (χ0v) is 11.1. The summed E-state index contributed by atoms with van der Waals surface area (Å²) in [5, 5.41) is 3.23. The molecule has 17 heavy (non-hydrogen) atoms. The second-order valence-electron chi connectivity index (χ2n) is 6.12. The van der Waals surface area contributed by atoms with Crippen LogP contribution in [-0.2, 0) is 4.79 Å². The number of carbonyl (C=O) groups is 1. The van der Waals surface area contributed by atoms with E-state index in [-0.39, 0.29) is 17.9 Å². The molecule has 3 nitrogen and oxygen atoms in total. The normalized spacial score (nSPS) is 42.4. The standard InChI is InChI=1S/C14H26N2O/c1-9-5-4-8-12(9)16-14(17)11-7-3-6-10(2)13(11)15/h9-13H,3-8,15H2,1-2H3,(H,16,17). The number of hydrogen-bond donors (Lipinski definition) is 2. The molecule has 2 saturated carbocycles. The zero-order chi connectivity index (χ0) is 12.4. The smallest absolute Gasteiger partial charge is 0.224 e. The van der Waals surface area contributed by atoms with Crippen molar-refractivity contribution in [3.63, 3.8) is 0 Å². The van der Waals surface area contributed by atoms with Crippen molar-refractivity contribution in [3.8, 4) is 0 Å². The molecule has 0 saturated heterocycles. The molecule has 3 N–H and O–H groups in total. The van der Waals surface area contributed by atoms with Crippen molar-refractivity contribution in [3.05, 3.63) is 0 Å². The molecule has 2 aliphatic rings. The van der Waals surface area contributed by atoms with Gasteiger partial charge < -0.3 is 11.1 Å². The number of amides is 1. The minimum Gasteiger partial charge on any atom is -0.353 e. The number of rotatable bonds is 2. The van der Waals surface area contributed by atoms with Gasteiger partial charge in [-0.15, -0.1) is 0 Å². The predicted octanol–water partition coefficient (Wildman–Crippen LogP) is 2.05. The highest BCUT2D eigenvalue weighted by atomic mass is 16.2. The summed E-state index contributed by atoms with van der Waals surface area (Å²) in [6.07, 6.45) is 6.93. The Bertz CT molecular complexity index is 279. The van der Waals surface area contributed by atoms with Crippen molar-refractivity contribution in [2.24, 2.45) is 23.5 Å². The highest BCUT2D eigenvalue weighted by Gasteiger charge is 2.34. The highest BCUT2D eigenvalue weighted by molar-refractivity contribution is 5.79. The van der Waals surface area contributed by atoms with Crippen LogP contribution in [0.4, 0.5) is 0 Å². The van der Waals surface area contributed by atoms with Gasteiger partial charge in [-0.2, -0.15) is 0 Å². The summed E-state index contributed by atoms with van der Waals surface area (Å²) in [5.41, 5.74) is 6.17. The van der Waals surface area contributed by atoms with E-state index >= 15 is 0 Å². The first-order valence-corrected chi connectivity index (χ1v) is 7.15. The van der Waals surface area contributed by atoms with Gasteiger partial charge in [0.1, 0.15) is 0 Å². The summed E-state index contributed by atoms with van der Waals surface area (Å²) in [6, 6.07) is 0.451. The molecule has 2 rings (SSSR count). The van der Waals surface area contributed by atoms with E-state index < -0.39 is 0 Å². The largest absolute Gasteiger partial charge is 0.353 e. The van der Waals surface area contributed by atoms with Gasteiger partial charge >= 0.3 is 0 Å². The van der Waals surface area contributed by atoms with Gasteiger partial charge in [0, 0.05) is 12.1 Å². The van der Waals surface area contributed by atoms with Gasteiger partial charge in [-0.3, -0.25) is 4.79 Å². The van der Waals surface area contributed by atoms with E-state index in [1.165, 1.54) is 19.3 Å². The number of nitrogens with one attached hydrogen (secondary N) is 1. The molecule has 1 amide bonds. The van der Waals surface area contributed by atoms with Crippen LogP contribution in [0.5, 0.6) is 0 Å². The Balaban J connectivity index is 1.90. The predicted molar refractivity (Wildman–Crippen MR) is 69.4 cm³/mol. The van der Waals surface area contributed by atoms with Crippen LogP contribution in [0, 0.1) is 17.8 Å². The van der Waals surface area contributed by atoms with Gasteiger partial charge in [0.2, 0.25) is 5.91 Å². The lowest BCUT2D eigenvalue weighted by Gasteiger charge is -2.34. The quantitative estimate of drug-likeness (QED) is 0.773. The third kappa shape index (κ3) is 2.82. The van der Waals surface area contributed by atoms with Crippen LogP contribution in [0.15, 0.2) is 0 Å². The summed E-state index contributed by atoms with van der Waals surface area (Å²) >= 11 is 0. The molecule has 5 atom stereocenters. The molecule has 98 valence electrons. The molecule has 0 aromatic carbocycles. The van der Waals surface area contributed by atoms with Crippen molar-refractivity contribution in [2.45, 2.75) is 64.5 Å². The van der Waals surface area contributed by atoms with E-state index in [0.29, 0.717) is 17.9 Å². The van der Waals surface area contributed by atoms with Crippen molar-refractivity contribution in [2.75, 3.05) is 0 Å². The lowest BCUT2D eigenvalue weighted by molar-refractivity contribution is -0.128. The van der Waals surface area contributed by atoms with Gasteiger partial charge in [-0.05, 0) is 37.5 Å². The molecule has 0 heterocycles. The van der Waals surface area contributed by atoms with E-state index in [0.717, 1.165) is 19.3 Å². The second-order valence-corrected chi connectivity index (χ2v) is 6.12. The summed E-state index contributed by atoms with van der Waals surface area (Å²) in [4.78, 5) is 12.3. The highest BCUT2D eigenvalue weighted by Crippen LogP contribution is 2.30. The minimum absolute atomic E-state index is 0.0477. The molecular formula is C14H26N2O.